The van der Waals surface area contributed by atoms with Crippen LogP contribution < -0.4 is 14.8 Å². The maximum Gasteiger partial charge on any atom is 0.163 e. The molecule has 1 saturated carbocycles. The van der Waals surface area contributed by atoms with Gasteiger partial charge >= 0.3 is 0 Å². The Morgan fingerprint density at radius 1 is 1.09 bits per heavy atom. The minimum atomic E-state index is 0.414. The maximum atomic E-state index is 6.41. The Balaban J connectivity index is 1.37. The Morgan fingerprint density at radius 2 is 1.85 bits per heavy atom. The van der Waals surface area contributed by atoms with Crippen molar-refractivity contribution in [1.82, 2.24) is 14.9 Å². The number of hydrogen-bond donors (Lipinski definition) is 1. The van der Waals surface area contributed by atoms with Gasteiger partial charge in [0.15, 0.2) is 11.5 Å². The second-order valence-corrected chi connectivity index (χ2v) is 10.6. The molecule has 2 heterocycles. The zero-order valence-corrected chi connectivity index (χ0v) is 21.5. The third kappa shape index (κ3) is 4.61. The van der Waals surface area contributed by atoms with Gasteiger partial charge in [0.2, 0.25) is 0 Å². The first kappa shape index (κ1) is 23.0. The van der Waals surface area contributed by atoms with Gasteiger partial charge in [0.1, 0.15) is 12.1 Å². The summed E-state index contributed by atoms with van der Waals surface area (Å²) in [6.07, 6.45) is 3.99. The van der Waals surface area contributed by atoms with Crippen molar-refractivity contribution in [3.05, 3.63) is 45.1 Å². The van der Waals surface area contributed by atoms with Crippen LogP contribution in [0.1, 0.15) is 12.8 Å². The van der Waals surface area contributed by atoms with E-state index in [1.54, 1.807) is 7.11 Å². The third-order valence-corrected chi connectivity index (χ3v) is 8.49. The fourth-order valence-electron chi connectivity index (χ4n) is 5.19. The first-order valence-corrected chi connectivity index (χ1v) is 12.5. The molecule has 0 spiro atoms. The number of rotatable bonds is 6. The van der Waals surface area contributed by atoms with E-state index in [-0.39, 0.29) is 0 Å². The molecule has 0 unspecified atom stereocenters. The van der Waals surface area contributed by atoms with Gasteiger partial charge in [0.25, 0.3) is 0 Å². The van der Waals surface area contributed by atoms with Gasteiger partial charge < -0.3 is 19.7 Å². The van der Waals surface area contributed by atoms with E-state index in [0.29, 0.717) is 45.6 Å². The summed E-state index contributed by atoms with van der Waals surface area (Å²) in [6, 6.07) is 7.50. The Hall–Kier alpha value is -1.80. The number of fused-ring (bicyclic) bond motifs is 2. The lowest BCUT2D eigenvalue weighted by molar-refractivity contribution is 0.227. The number of aromatic nitrogens is 2. The average molecular weight is 552 g/mol. The van der Waals surface area contributed by atoms with E-state index < -0.39 is 0 Å². The maximum absolute atomic E-state index is 6.41. The average Bonchev–Trinajstić information content (AvgIpc) is 3.34. The van der Waals surface area contributed by atoms with Gasteiger partial charge in [-0.25, -0.2) is 9.97 Å². The zero-order chi connectivity index (χ0) is 23.1. The molecule has 6 nitrogen and oxygen atoms in total. The molecular formula is C24H25BrCl2N4O2. The van der Waals surface area contributed by atoms with Crippen molar-refractivity contribution < 1.29 is 9.47 Å². The summed E-state index contributed by atoms with van der Waals surface area (Å²) in [5.74, 6) is 4.16. The van der Waals surface area contributed by atoms with E-state index in [1.165, 1.54) is 32.3 Å². The van der Waals surface area contributed by atoms with E-state index in [9.17, 15) is 0 Å². The van der Waals surface area contributed by atoms with Crippen LogP contribution in [0, 0.1) is 17.8 Å². The van der Waals surface area contributed by atoms with Crippen LogP contribution in [-0.2, 0) is 0 Å². The molecule has 3 aromatic rings. The monoisotopic (exact) mass is 550 g/mol. The van der Waals surface area contributed by atoms with E-state index in [1.807, 2.05) is 24.3 Å². The molecule has 0 radical (unpaired) electrons. The minimum absolute atomic E-state index is 0.414. The van der Waals surface area contributed by atoms with Gasteiger partial charge in [-0.2, -0.15) is 0 Å². The van der Waals surface area contributed by atoms with Crippen LogP contribution in [-0.4, -0.2) is 48.7 Å². The molecule has 1 aliphatic carbocycles. The first-order chi connectivity index (χ1) is 15.9. The highest BCUT2D eigenvalue weighted by Gasteiger charge is 2.39. The Morgan fingerprint density at radius 3 is 2.58 bits per heavy atom. The molecule has 3 atom stereocenters. The number of anilines is 2. The van der Waals surface area contributed by atoms with E-state index >= 15 is 0 Å². The highest BCUT2D eigenvalue weighted by Crippen LogP contribution is 2.42. The highest BCUT2D eigenvalue weighted by atomic mass is 79.9. The van der Waals surface area contributed by atoms with Crippen molar-refractivity contribution in [2.75, 3.05) is 39.2 Å². The van der Waals surface area contributed by atoms with Gasteiger partial charge in [-0.1, -0.05) is 23.2 Å². The normalized spacial score (nSPS) is 22.5. The molecule has 1 aromatic heterocycles. The fourth-order valence-corrected chi connectivity index (χ4v) is 6.01. The molecule has 2 fully saturated rings. The first-order valence-electron chi connectivity index (χ1n) is 11.0. The fraction of sp³-hybridized carbons (Fsp3) is 0.417. The van der Waals surface area contributed by atoms with E-state index in [2.05, 4.69) is 43.2 Å². The SMILES string of the molecule is COc1cc2c(Nc3ccc(Br)c(Cl)c3Cl)ncnc2cc1OC[C@@H]1C[C@@H]2CN(C)C[C@@H]2C1. The summed E-state index contributed by atoms with van der Waals surface area (Å²) in [7, 11) is 3.86. The predicted molar refractivity (Wildman–Crippen MR) is 136 cm³/mol. The van der Waals surface area contributed by atoms with Crippen LogP contribution in [0.2, 0.25) is 10.0 Å². The van der Waals surface area contributed by atoms with Gasteiger partial charge in [-0.05, 0) is 71.8 Å². The van der Waals surface area contributed by atoms with Crippen LogP contribution >= 0.6 is 39.1 Å². The molecule has 1 saturated heterocycles. The second-order valence-electron chi connectivity index (χ2n) is 8.98. The van der Waals surface area contributed by atoms with Crippen molar-refractivity contribution in [2.24, 2.45) is 17.8 Å². The number of methoxy groups -OCH3 is 1. The molecule has 9 heteroatoms. The summed E-state index contributed by atoms with van der Waals surface area (Å²) in [5, 5.41) is 4.92. The summed E-state index contributed by atoms with van der Waals surface area (Å²) >= 11 is 16.1. The highest BCUT2D eigenvalue weighted by molar-refractivity contribution is 9.10. The van der Waals surface area contributed by atoms with Crippen molar-refractivity contribution >= 4 is 61.5 Å². The van der Waals surface area contributed by atoms with Gasteiger partial charge in [0.05, 0.1) is 35.0 Å². The van der Waals surface area contributed by atoms with Crippen molar-refractivity contribution in [3.63, 3.8) is 0 Å². The number of nitrogens with zero attached hydrogens (tertiary/aromatic N) is 3. The Kier molecular flexibility index (Phi) is 6.58. The Bertz CT molecular complexity index is 1180. The number of likely N-dealkylation sites (tertiary alicyclic amines) is 1. The van der Waals surface area contributed by atoms with Crippen molar-refractivity contribution in [2.45, 2.75) is 12.8 Å². The Labute approximate surface area is 211 Å². The van der Waals surface area contributed by atoms with Crippen LogP contribution in [0.5, 0.6) is 11.5 Å². The van der Waals surface area contributed by atoms with Crippen LogP contribution in [0.25, 0.3) is 10.9 Å². The third-order valence-electron chi connectivity index (χ3n) is 6.71. The quantitative estimate of drug-likeness (QED) is 0.357. The lowest BCUT2D eigenvalue weighted by Gasteiger charge is -2.18. The van der Waals surface area contributed by atoms with E-state index in [0.717, 1.165) is 27.2 Å². The number of nitrogens with one attached hydrogen (secondary N) is 1. The van der Waals surface area contributed by atoms with Gasteiger partial charge in [-0.3, -0.25) is 0 Å². The van der Waals surface area contributed by atoms with Gasteiger partial charge in [-0.15, -0.1) is 0 Å². The summed E-state index contributed by atoms with van der Waals surface area (Å²) in [5.41, 5.74) is 1.41. The molecule has 5 rings (SSSR count). The van der Waals surface area contributed by atoms with E-state index in [4.69, 9.17) is 32.7 Å². The lowest BCUT2D eigenvalue weighted by Crippen LogP contribution is -2.18. The largest absolute Gasteiger partial charge is 0.493 e. The number of ether oxygens (including phenoxy) is 2. The van der Waals surface area contributed by atoms with Gasteiger partial charge in [0, 0.05) is 29.0 Å². The minimum Gasteiger partial charge on any atom is -0.493 e. The predicted octanol–water partition coefficient (Wildman–Crippen LogP) is 6.42. The number of halogens is 3. The topological polar surface area (TPSA) is 59.5 Å². The molecule has 174 valence electrons. The molecule has 33 heavy (non-hydrogen) atoms. The summed E-state index contributed by atoms with van der Waals surface area (Å²) < 4.78 is 12.6. The summed E-state index contributed by atoms with van der Waals surface area (Å²) in [6.45, 7) is 3.11. The van der Waals surface area contributed by atoms with Crippen LogP contribution in [0.4, 0.5) is 11.5 Å². The number of benzene rings is 2. The standard InChI is InChI=1S/C24H25BrCl2N4O2/c1-31-9-14-5-13(6-15(14)10-31)11-33-21-8-19-16(7-20(21)32-2)24(29-12-28-19)30-18-4-3-17(25)22(26)23(18)27/h3-4,7-8,12-15H,5-6,9-11H2,1-2H3,(H,28,29,30)/t13-,14-,15+. The van der Waals surface area contributed by atoms with Crippen molar-refractivity contribution in [3.8, 4) is 11.5 Å². The van der Waals surface area contributed by atoms with Crippen LogP contribution in [0.3, 0.4) is 0 Å². The summed E-state index contributed by atoms with van der Waals surface area (Å²) in [4.78, 5) is 11.3. The molecule has 2 aromatic carbocycles. The molecule has 0 amide bonds. The molecule has 1 aliphatic heterocycles. The molecule has 1 N–H and O–H groups in total. The molecule has 0 bridgehead atoms. The molecular weight excluding hydrogens is 527 g/mol. The van der Waals surface area contributed by atoms with Crippen LogP contribution in [0.15, 0.2) is 35.1 Å². The van der Waals surface area contributed by atoms with Crippen molar-refractivity contribution in [1.29, 1.82) is 0 Å². The zero-order valence-electron chi connectivity index (χ0n) is 18.4. The molecule has 2 aliphatic rings. The smallest absolute Gasteiger partial charge is 0.163 e. The lowest BCUT2D eigenvalue weighted by atomic mass is 10.0. The second kappa shape index (κ2) is 9.45. The number of hydrogen-bond acceptors (Lipinski definition) is 6.